The molecule has 0 amide bonds. The van der Waals surface area contributed by atoms with Crippen LogP contribution in [0, 0.1) is 13.8 Å². The third-order valence-corrected chi connectivity index (χ3v) is 12.9. The number of rotatable bonds is 13. The molecule has 0 atom stereocenters. The Morgan fingerprint density at radius 2 is 1.00 bits per heavy atom. The molecule has 0 saturated carbocycles. The summed E-state index contributed by atoms with van der Waals surface area (Å²) in [6.07, 6.45) is -3.36. The lowest BCUT2D eigenvalue weighted by Crippen LogP contribution is -2.09. The standard InChI is InChI=1S/C39H33Br2F2O3PS2/c1-25-11-15-29(33-9-5-3-7-31(25)33)23-48-21-27-13-17-37(35(40)19-27)45-47(44,39(42)43)46-38-18-14-28(20-36(38)41)22-49-24-30-16-12-26(2)32-8-4-6-10-34(30)32/h3-20,39H,21-24H2,1-2H3. The number of benzene rings is 6. The summed E-state index contributed by atoms with van der Waals surface area (Å²) in [4.78, 5) is 0. The van der Waals surface area contributed by atoms with Crippen LogP contribution in [-0.2, 0) is 27.6 Å². The first-order valence-corrected chi connectivity index (χ1v) is 21.1. The van der Waals surface area contributed by atoms with E-state index in [-0.39, 0.29) is 11.5 Å². The fraction of sp³-hybridized carbons (Fsp3) is 0.179. The van der Waals surface area contributed by atoms with Gasteiger partial charge in [0, 0.05) is 23.0 Å². The zero-order valence-corrected chi connectivity index (χ0v) is 32.5. The fourth-order valence-electron chi connectivity index (χ4n) is 5.62. The number of halogens is 4. The van der Waals surface area contributed by atoms with Crippen LogP contribution in [-0.4, -0.2) is 6.17 Å². The van der Waals surface area contributed by atoms with Crippen molar-refractivity contribution in [2.45, 2.75) is 43.0 Å². The van der Waals surface area contributed by atoms with E-state index in [0.29, 0.717) is 20.5 Å². The summed E-state index contributed by atoms with van der Waals surface area (Å²) in [5.41, 5.74) is 6.95. The van der Waals surface area contributed by atoms with Gasteiger partial charge < -0.3 is 9.05 Å². The van der Waals surface area contributed by atoms with Crippen LogP contribution in [0.5, 0.6) is 11.5 Å². The Morgan fingerprint density at radius 3 is 1.39 bits per heavy atom. The average molecular weight is 843 g/mol. The summed E-state index contributed by atoms with van der Waals surface area (Å²) in [6, 6.07) is 35.7. The average Bonchev–Trinajstić information content (AvgIpc) is 3.09. The lowest BCUT2D eigenvalue weighted by Gasteiger charge is -2.21. The fourth-order valence-corrected chi connectivity index (χ4v) is 9.93. The Labute approximate surface area is 311 Å². The number of aryl methyl sites for hydroxylation is 2. The van der Waals surface area contributed by atoms with Gasteiger partial charge in [-0.25, -0.2) is 4.57 Å². The SMILES string of the molecule is Cc1ccc(CSCc2ccc(OP(=O)(Oc3ccc(CSCc4ccc(C)c5ccccc45)cc3Br)C(F)F)c(Br)c2)c2ccccc12. The molecule has 6 rings (SSSR count). The first-order chi connectivity index (χ1) is 23.6. The van der Waals surface area contributed by atoms with Crippen molar-refractivity contribution in [2.24, 2.45) is 0 Å². The van der Waals surface area contributed by atoms with Crippen LogP contribution in [0.4, 0.5) is 8.78 Å². The molecule has 49 heavy (non-hydrogen) atoms. The van der Waals surface area contributed by atoms with Gasteiger partial charge in [-0.3, -0.25) is 0 Å². The summed E-state index contributed by atoms with van der Waals surface area (Å²) in [6.45, 7) is 4.23. The predicted molar refractivity (Wildman–Crippen MR) is 211 cm³/mol. The van der Waals surface area contributed by atoms with Crippen LogP contribution in [0.2, 0.25) is 0 Å². The molecule has 0 radical (unpaired) electrons. The number of hydrogen-bond acceptors (Lipinski definition) is 5. The topological polar surface area (TPSA) is 35.5 Å². The number of hydrogen-bond donors (Lipinski definition) is 0. The molecular weight excluding hydrogens is 809 g/mol. The highest BCUT2D eigenvalue weighted by Gasteiger charge is 2.41. The van der Waals surface area contributed by atoms with Crippen LogP contribution >= 0.6 is 63.0 Å². The van der Waals surface area contributed by atoms with Gasteiger partial charge in [0.2, 0.25) is 0 Å². The van der Waals surface area contributed by atoms with E-state index < -0.39 is 13.8 Å². The molecule has 3 nitrogen and oxygen atoms in total. The van der Waals surface area contributed by atoms with Gasteiger partial charge in [-0.2, -0.15) is 32.3 Å². The summed E-state index contributed by atoms with van der Waals surface area (Å²) in [5, 5.41) is 4.99. The first-order valence-electron chi connectivity index (χ1n) is 15.5. The molecule has 0 aliphatic carbocycles. The monoisotopic (exact) mass is 840 g/mol. The zero-order chi connectivity index (χ0) is 34.5. The molecule has 6 aromatic carbocycles. The van der Waals surface area contributed by atoms with Crippen molar-refractivity contribution in [1.29, 1.82) is 0 Å². The smallest absolute Gasteiger partial charge is 0.411 e. The minimum absolute atomic E-state index is 0.0229. The van der Waals surface area contributed by atoms with E-state index in [4.69, 9.17) is 9.05 Å². The molecule has 0 heterocycles. The van der Waals surface area contributed by atoms with E-state index in [1.54, 1.807) is 59.9 Å². The highest BCUT2D eigenvalue weighted by molar-refractivity contribution is 9.11. The molecule has 6 aromatic rings. The molecule has 0 aromatic heterocycles. The normalized spacial score (nSPS) is 11.8. The molecule has 0 saturated heterocycles. The molecule has 252 valence electrons. The highest BCUT2D eigenvalue weighted by atomic mass is 79.9. The lowest BCUT2D eigenvalue weighted by molar-refractivity contribution is 0.191. The molecule has 10 heteroatoms. The Balaban J connectivity index is 1.07. The van der Waals surface area contributed by atoms with Gasteiger partial charge in [-0.05, 0) is 125 Å². The van der Waals surface area contributed by atoms with Crippen molar-refractivity contribution in [1.82, 2.24) is 0 Å². The van der Waals surface area contributed by atoms with E-state index in [2.05, 4.69) is 119 Å². The van der Waals surface area contributed by atoms with E-state index >= 15 is 0 Å². The zero-order valence-electron chi connectivity index (χ0n) is 26.8. The summed E-state index contributed by atoms with van der Waals surface area (Å²) in [7, 11) is -4.90. The van der Waals surface area contributed by atoms with E-state index in [0.717, 1.165) is 22.6 Å². The number of thioether (sulfide) groups is 2. The second kappa shape index (κ2) is 16.0. The van der Waals surface area contributed by atoms with Crippen molar-refractivity contribution in [2.75, 3.05) is 0 Å². The Kier molecular flexibility index (Phi) is 11.8. The Bertz CT molecular complexity index is 2030. The van der Waals surface area contributed by atoms with E-state index in [1.165, 1.54) is 43.8 Å². The maximum atomic E-state index is 14.3. The third kappa shape index (κ3) is 8.57. The molecule has 0 fully saturated rings. The first kappa shape index (κ1) is 36.0. The van der Waals surface area contributed by atoms with Gasteiger partial charge in [0.15, 0.2) is 0 Å². The van der Waals surface area contributed by atoms with Gasteiger partial charge in [-0.15, -0.1) is 0 Å². The quantitative estimate of drug-likeness (QED) is 0.108. The molecule has 0 aliphatic rings. The van der Waals surface area contributed by atoms with E-state index in [9.17, 15) is 13.3 Å². The van der Waals surface area contributed by atoms with Crippen LogP contribution in [0.25, 0.3) is 21.5 Å². The Hall–Kier alpha value is -2.81. The minimum atomic E-state index is -4.90. The van der Waals surface area contributed by atoms with Crippen molar-refractivity contribution < 1.29 is 22.4 Å². The highest BCUT2D eigenvalue weighted by Crippen LogP contribution is 2.56. The molecule has 0 N–H and O–H groups in total. The lowest BCUT2D eigenvalue weighted by atomic mass is 10.0. The maximum Gasteiger partial charge on any atom is 0.497 e. The van der Waals surface area contributed by atoms with Crippen LogP contribution in [0.3, 0.4) is 0 Å². The maximum absolute atomic E-state index is 14.3. The van der Waals surface area contributed by atoms with Gasteiger partial charge >= 0.3 is 13.8 Å². The van der Waals surface area contributed by atoms with Crippen molar-refractivity contribution in [3.63, 3.8) is 0 Å². The van der Waals surface area contributed by atoms with Crippen molar-refractivity contribution >= 4 is 84.5 Å². The van der Waals surface area contributed by atoms with Crippen LogP contribution in [0.15, 0.2) is 118 Å². The van der Waals surface area contributed by atoms with Crippen LogP contribution in [0.1, 0.15) is 33.4 Å². The van der Waals surface area contributed by atoms with Gasteiger partial charge in [0.25, 0.3) is 0 Å². The Morgan fingerprint density at radius 1 is 0.592 bits per heavy atom. The second-order valence-corrected chi connectivity index (χ2v) is 17.2. The molecule has 0 unspecified atom stereocenters. The molecule has 0 bridgehead atoms. The van der Waals surface area contributed by atoms with Crippen LogP contribution < -0.4 is 9.05 Å². The second-order valence-electron chi connectivity index (χ2n) is 11.7. The van der Waals surface area contributed by atoms with Gasteiger partial charge in [-0.1, -0.05) is 84.9 Å². The summed E-state index contributed by atoms with van der Waals surface area (Å²) < 4.78 is 53.6. The van der Waals surface area contributed by atoms with Gasteiger partial charge in [0.05, 0.1) is 8.95 Å². The van der Waals surface area contributed by atoms with Crippen molar-refractivity contribution in [3.8, 4) is 11.5 Å². The molecule has 0 aliphatic heterocycles. The van der Waals surface area contributed by atoms with Gasteiger partial charge in [0.1, 0.15) is 11.5 Å². The molecule has 0 spiro atoms. The van der Waals surface area contributed by atoms with Crippen molar-refractivity contribution in [3.05, 3.63) is 152 Å². The predicted octanol–water partition coefficient (Wildman–Crippen LogP) is 13.9. The minimum Gasteiger partial charge on any atom is -0.411 e. The largest absolute Gasteiger partial charge is 0.497 e. The summed E-state index contributed by atoms with van der Waals surface area (Å²) in [5.74, 6) is 3.08. The summed E-state index contributed by atoms with van der Waals surface area (Å²) >= 11 is 10.4. The number of fused-ring (bicyclic) bond motifs is 2. The third-order valence-electron chi connectivity index (χ3n) is 8.20. The molecular formula is C39H33Br2F2O3PS2. The van der Waals surface area contributed by atoms with E-state index in [1.807, 2.05) is 0 Å². The number of alkyl halides is 2.